The minimum absolute atomic E-state index is 0. The molecule has 0 saturated carbocycles. The predicted molar refractivity (Wildman–Crippen MR) is 98.3 cm³/mol. The minimum atomic E-state index is 0. The molecule has 0 amide bonds. The molecular weight excluding hydrogens is 385 g/mol. The summed E-state index contributed by atoms with van der Waals surface area (Å²) in [5.74, 6) is 1.40. The second-order valence-corrected chi connectivity index (χ2v) is 5.85. The van der Waals surface area contributed by atoms with Crippen LogP contribution in [0.15, 0.2) is 16.4 Å². The van der Waals surface area contributed by atoms with Gasteiger partial charge in [0.25, 0.3) is 0 Å². The van der Waals surface area contributed by atoms with Crippen LogP contribution in [-0.2, 0) is 11.3 Å². The number of aliphatic imine (C=N–C) groups is 1. The van der Waals surface area contributed by atoms with Crippen molar-refractivity contribution in [3.8, 4) is 0 Å². The Morgan fingerprint density at radius 2 is 2.15 bits per heavy atom. The van der Waals surface area contributed by atoms with Crippen LogP contribution < -0.4 is 10.6 Å². The molecule has 0 aliphatic rings. The third-order valence-electron chi connectivity index (χ3n) is 2.60. The standard InChI is InChI=1S/C14H25N3OS.HI/c1-11(2)10-18-7-6-16-14(15-4)17-9-13-12(3)5-8-19-13;/h5,8,11H,6-7,9-10H2,1-4H3,(H2,15,16,17);1H. The lowest BCUT2D eigenvalue weighted by Crippen LogP contribution is -2.38. The average molecular weight is 411 g/mol. The summed E-state index contributed by atoms with van der Waals surface area (Å²) in [6.07, 6.45) is 0. The number of rotatable bonds is 7. The summed E-state index contributed by atoms with van der Waals surface area (Å²) >= 11 is 1.77. The van der Waals surface area contributed by atoms with Crippen molar-refractivity contribution in [2.24, 2.45) is 10.9 Å². The fourth-order valence-electron chi connectivity index (χ4n) is 1.53. The molecule has 2 N–H and O–H groups in total. The lowest BCUT2D eigenvalue weighted by Gasteiger charge is -2.12. The largest absolute Gasteiger partial charge is 0.379 e. The van der Waals surface area contributed by atoms with Gasteiger partial charge in [-0.2, -0.15) is 0 Å². The number of halogens is 1. The number of nitrogens with zero attached hydrogens (tertiary/aromatic N) is 1. The van der Waals surface area contributed by atoms with Crippen molar-refractivity contribution in [2.75, 3.05) is 26.8 Å². The van der Waals surface area contributed by atoms with Gasteiger partial charge in [0.1, 0.15) is 0 Å². The van der Waals surface area contributed by atoms with Crippen molar-refractivity contribution in [2.45, 2.75) is 27.3 Å². The number of aryl methyl sites for hydroxylation is 1. The summed E-state index contributed by atoms with van der Waals surface area (Å²) in [5.41, 5.74) is 1.33. The molecule has 1 aromatic rings. The topological polar surface area (TPSA) is 45.7 Å². The lowest BCUT2D eigenvalue weighted by atomic mass is 10.2. The Bertz CT molecular complexity index is 394. The molecule has 0 atom stereocenters. The van der Waals surface area contributed by atoms with Crippen molar-refractivity contribution in [3.05, 3.63) is 21.9 Å². The number of hydrogen-bond donors (Lipinski definition) is 2. The van der Waals surface area contributed by atoms with Gasteiger partial charge in [0.05, 0.1) is 13.2 Å². The quantitative estimate of drug-likeness (QED) is 0.314. The van der Waals surface area contributed by atoms with Gasteiger partial charge in [-0.3, -0.25) is 4.99 Å². The zero-order valence-corrected chi connectivity index (χ0v) is 15.9. The van der Waals surface area contributed by atoms with Crippen LogP contribution in [0.1, 0.15) is 24.3 Å². The van der Waals surface area contributed by atoms with E-state index in [1.54, 1.807) is 18.4 Å². The van der Waals surface area contributed by atoms with Crippen molar-refractivity contribution in [1.82, 2.24) is 10.6 Å². The van der Waals surface area contributed by atoms with Gasteiger partial charge < -0.3 is 15.4 Å². The van der Waals surface area contributed by atoms with Crippen LogP contribution >= 0.6 is 35.3 Å². The van der Waals surface area contributed by atoms with Crippen molar-refractivity contribution >= 4 is 41.3 Å². The Morgan fingerprint density at radius 1 is 1.40 bits per heavy atom. The van der Waals surface area contributed by atoms with Gasteiger partial charge in [-0.05, 0) is 29.9 Å². The Hall–Kier alpha value is -0.340. The van der Waals surface area contributed by atoms with Crippen molar-refractivity contribution in [3.63, 3.8) is 0 Å². The highest BCUT2D eigenvalue weighted by Gasteiger charge is 2.02. The van der Waals surface area contributed by atoms with Gasteiger partial charge in [0.15, 0.2) is 5.96 Å². The number of ether oxygens (including phenoxy) is 1. The molecule has 0 bridgehead atoms. The molecule has 0 saturated heterocycles. The summed E-state index contributed by atoms with van der Waals surface area (Å²) in [7, 11) is 1.78. The first kappa shape index (κ1) is 19.7. The van der Waals surface area contributed by atoms with E-state index in [-0.39, 0.29) is 24.0 Å². The van der Waals surface area contributed by atoms with Crippen molar-refractivity contribution < 1.29 is 4.74 Å². The fraction of sp³-hybridized carbons (Fsp3) is 0.643. The summed E-state index contributed by atoms with van der Waals surface area (Å²) in [4.78, 5) is 5.54. The maximum atomic E-state index is 5.52. The Labute approximate surface area is 143 Å². The van der Waals surface area contributed by atoms with Crippen molar-refractivity contribution in [1.29, 1.82) is 0 Å². The van der Waals surface area contributed by atoms with Gasteiger partial charge >= 0.3 is 0 Å². The van der Waals surface area contributed by atoms with Crippen LogP contribution in [0.25, 0.3) is 0 Å². The van der Waals surface area contributed by atoms with Crippen LogP contribution in [0.2, 0.25) is 0 Å². The molecule has 0 radical (unpaired) electrons. The molecule has 1 heterocycles. The van der Waals surface area contributed by atoms with E-state index in [0.717, 1.165) is 25.7 Å². The summed E-state index contributed by atoms with van der Waals surface area (Å²) in [5, 5.41) is 8.66. The van der Waals surface area contributed by atoms with E-state index in [4.69, 9.17) is 4.74 Å². The van der Waals surface area contributed by atoms with E-state index in [0.29, 0.717) is 12.5 Å². The molecule has 6 heteroatoms. The monoisotopic (exact) mass is 411 g/mol. The van der Waals surface area contributed by atoms with Crippen LogP contribution in [0.3, 0.4) is 0 Å². The normalized spacial score (nSPS) is 11.3. The van der Waals surface area contributed by atoms with Gasteiger partial charge in [-0.1, -0.05) is 13.8 Å². The van der Waals surface area contributed by atoms with Crippen LogP contribution in [-0.4, -0.2) is 32.8 Å². The third kappa shape index (κ3) is 8.06. The molecule has 0 unspecified atom stereocenters. The Kier molecular flexibility index (Phi) is 11.1. The first-order valence-electron chi connectivity index (χ1n) is 6.68. The van der Waals surface area contributed by atoms with Gasteiger partial charge in [0.2, 0.25) is 0 Å². The van der Waals surface area contributed by atoms with E-state index in [1.165, 1.54) is 10.4 Å². The second kappa shape index (κ2) is 11.3. The predicted octanol–water partition coefficient (Wildman–Crippen LogP) is 3.01. The number of thiophene rings is 1. The molecule has 0 aliphatic heterocycles. The van der Waals surface area contributed by atoms with E-state index >= 15 is 0 Å². The number of nitrogens with one attached hydrogen (secondary N) is 2. The zero-order chi connectivity index (χ0) is 14.1. The molecule has 1 rings (SSSR count). The summed E-state index contributed by atoms with van der Waals surface area (Å²) in [6.45, 7) is 9.53. The summed E-state index contributed by atoms with van der Waals surface area (Å²) < 4.78 is 5.52. The third-order valence-corrected chi connectivity index (χ3v) is 3.62. The van der Waals surface area contributed by atoms with Gasteiger partial charge in [0, 0.05) is 25.1 Å². The Balaban J connectivity index is 0.00000361. The van der Waals surface area contributed by atoms with E-state index in [2.05, 4.69) is 47.8 Å². The molecule has 0 spiro atoms. The van der Waals surface area contributed by atoms with E-state index in [9.17, 15) is 0 Å². The molecule has 0 aromatic carbocycles. The van der Waals surface area contributed by atoms with Crippen LogP contribution in [0.4, 0.5) is 0 Å². The smallest absolute Gasteiger partial charge is 0.191 e. The molecule has 0 aliphatic carbocycles. The van der Waals surface area contributed by atoms with Gasteiger partial charge in [-0.25, -0.2) is 0 Å². The van der Waals surface area contributed by atoms with E-state index < -0.39 is 0 Å². The average Bonchev–Trinajstić information content (AvgIpc) is 2.78. The molecule has 20 heavy (non-hydrogen) atoms. The molecular formula is C14H26IN3OS. The summed E-state index contributed by atoms with van der Waals surface area (Å²) in [6, 6.07) is 2.14. The lowest BCUT2D eigenvalue weighted by molar-refractivity contribution is 0.114. The molecule has 4 nitrogen and oxygen atoms in total. The number of hydrogen-bond acceptors (Lipinski definition) is 3. The molecule has 116 valence electrons. The first-order valence-corrected chi connectivity index (χ1v) is 7.56. The fourth-order valence-corrected chi connectivity index (χ4v) is 2.38. The maximum absolute atomic E-state index is 5.52. The SMILES string of the molecule is CN=C(NCCOCC(C)C)NCc1sccc1C.I. The number of guanidine groups is 1. The van der Waals surface area contributed by atoms with Crippen LogP contribution in [0, 0.1) is 12.8 Å². The highest BCUT2D eigenvalue weighted by atomic mass is 127. The van der Waals surface area contributed by atoms with Crippen LogP contribution in [0.5, 0.6) is 0 Å². The maximum Gasteiger partial charge on any atom is 0.191 e. The zero-order valence-electron chi connectivity index (χ0n) is 12.7. The highest BCUT2D eigenvalue weighted by Crippen LogP contribution is 2.14. The first-order chi connectivity index (χ1) is 9.13. The second-order valence-electron chi connectivity index (χ2n) is 4.85. The highest BCUT2D eigenvalue weighted by molar-refractivity contribution is 14.0. The molecule has 1 aromatic heterocycles. The minimum Gasteiger partial charge on any atom is -0.379 e. The Morgan fingerprint density at radius 3 is 2.70 bits per heavy atom. The van der Waals surface area contributed by atoms with Gasteiger partial charge in [-0.15, -0.1) is 35.3 Å². The van der Waals surface area contributed by atoms with E-state index in [1.807, 2.05) is 0 Å². The molecule has 0 fully saturated rings.